The third-order valence-corrected chi connectivity index (χ3v) is 5.05. The van der Waals surface area contributed by atoms with Crippen LogP contribution < -0.4 is 14.4 Å². The lowest BCUT2D eigenvalue weighted by Crippen LogP contribution is -2.40. The van der Waals surface area contributed by atoms with Gasteiger partial charge in [0.1, 0.15) is 12.3 Å². The molecular formula is C17H18Cl2N2O4S. The summed E-state index contributed by atoms with van der Waals surface area (Å²) in [6.07, 6.45) is 1.01. The highest BCUT2D eigenvalue weighted by Crippen LogP contribution is 2.26. The van der Waals surface area contributed by atoms with Crippen LogP contribution in [0.3, 0.4) is 0 Å². The Morgan fingerprint density at radius 2 is 1.69 bits per heavy atom. The van der Waals surface area contributed by atoms with Crippen LogP contribution in [-0.2, 0) is 21.4 Å². The molecule has 0 bridgehead atoms. The van der Waals surface area contributed by atoms with Crippen LogP contribution in [-0.4, -0.2) is 34.2 Å². The number of benzene rings is 2. The molecule has 0 aliphatic carbocycles. The van der Waals surface area contributed by atoms with Crippen molar-refractivity contribution in [1.82, 2.24) is 5.32 Å². The van der Waals surface area contributed by atoms with E-state index in [0.29, 0.717) is 5.75 Å². The van der Waals surface area contributed by atoms with Crippen molar-refractivity contribution in [1.29, 1.82) is 0 Å². The summed E-state index contributed by atoms with van der Waals surface area (Å²) < 4.78 is 30.2. The molecule has 0 unspecified atom stereocenters. The standard InChI is InChI=1S/C17H18Cl2N2O4S/c1-25-16-5-3-12(4-6-16)10-20-17(22)11-21(26(2,23)24)15-8-13(18)7-14(19)9-15/h3-9H,10-11H2,1-2H3,(H,20,22). The smallest absolute Gasteiger partial charge is 0.241 e. The number of nitrogens with zero attached hydrogens (tertiary/aromatic N) is 1. The van der Waals surface area contributed by atoms with Crippen LogP contribution in [0.2, 0.25) is 10.0 Å². The van der Waals surface area contributed by atoms with Crippen molar-refractivity contribution in [2.75, 3.05) is 24.2 Å². The van der Waals surface area contributed by atoms with E-state index in [1.54, 1.807) is 19.2 Å². The number of rotatable bonds is 7. The molecule has 2 rings (SSSR count). The van der Waals surface area contributed by atoms with Gasteiger partial charge in [0, 0.05) is 16.6 Å². The van der Waals surface area contributed by atoms with Gasteiger partial charge in [-0.1, -0.05) is 35.3 Å². The number of carbonyl (C=O) groups is 1. The number of hydrogen-bond acceptors (Lipinski definition) is 4. The first-order valence-corrected chi connectivity index (χ1v) is 10.1. The molecule has 0 aliphatic heterocycles. The lowest BCUT2D eigenvalue weighted by molar-refractivity contribution is -0.119. The van der Waals surface area contributed by atoms with Crippen LogP contribution in [0.1, 0.15) is 5.56 Å². The molecule has 6 nitrogen and oxygen atoms in total. The Balaban J connectivity index is 2.09. The summed E-state index contributed by atoms with van der Waals surface area (Å²) in [4.78, 5) is 12.2. The number of halogens is 2. The fourth-order valence-electron chi connectivity index (χ4n) is 2.21. The number of anilines is 1. The van der Waals surface area contributed by atoms with Crippen molar-refractivity contribution >= 4 is 44.8 Å². The monoisotopic (exact) mass is 416 g/mol. The SMILES string of the molecule is COc1ccc(CNC(=O)CN(c2cc(Cl)cc(Cl)c2)S(C)(=O)=O)cc1. The van der Waals surface area contributed by atoms with Crippen LogP contribution in [0.5, 0.6) is 5.75 Å². The van der Waals surface area contributed by atoms with Crippen molar-refractivity contribution in [2.24, 2.45) is 0 Å². The summed E-state index contributed by atoms with van der Waals surface area (Å²) >= 11 is 11.9. The largest absolute Gasteiger partial charge is 0.497 e. The molecule has 2 aromatic carbocycles. The maximum absolute atomic E-state index is 12.2. The summed E-state index contributed by atoms with van der Waals surface area (Å²) in [6.45, 7) is -0.123. The van der Waals surface area contributed by atoms with Gasteiger partial charge in [-0.2, -0.15) is 0 Å². The number of methoxy groups -OCH3 is 1. The Bertz CT molecular complexity index is 866. The molecule has 0 saturated carbocycles. The summed E-state index contributed by atoms with van der Waals surface area (Å²) in [7, 11) is -2.13. The summed E-state index contributed by atoms with van der Waals surface area (Å²) in [5.41, 5.74) is 1.08. The maximum Gasteiger partial charge on any atom is 0.241 e. The Labute approximate surface area is 162 Å². The zero-order valence-electron chi connectivity index (χ0n) is 14.2. The molecule has 0 fully saturated rings. The fraction of sp³-hybridized carbons (Fsp3) is 0.235. The van der Waals surface area contributed by atoms with E-state index in [4.69, 9.17) is 27.9 Å². The molecule has 1 amide bonds. The van der Waals surface area contributed by atoms with Crippen molar-refractivity contribution < 1.29 is 17.9 Å². The molecule has 9 heteroatoms. The summed E-state index contributed by atoms with van der Waals surface area (Å²) in [6, 6.07) is 11.5. The molecule has 26 heavy (non-hydrogen) atoms. The quantitative estimate of drug-likeness (QED) is 0.752. The van der Waals surface area contributed by atoms with Gasteiger partial charge in [-0.05, 0) is 35.9 Å². The summed E-state index contributed by atoms with van der Waals surface area (Å²) in [5.74, 6) is 0.253. The number of carbonyl (C=O) groups excluding carboxylic acids is 1. The van der Waals surface area contributed by atoms with Crippen molar-refractivity contribution in [3.05, 3.63) is 58.1 Å². The van der Waals surface area contributed by atoms with Crippen molar-refractivity contribution in [3.63, 3.8) is 0 Å². The minimum Gasteiger partial charge on any atom is -0.497 e. The van der Waals surface area contributed by atoms with Gasteiger partial charge in [0.25, 0.3) is 0 Å². The van der Waals surface area contributed by atoms with E-state index < -0.39 is 15.9 Å². The van der Waals surface area contributed by atoms with Crippen LogP contribution in [0.4, 0.5) is 5.69 Å². The molecule has 0 heterocycles. The Morgan fingerprint density at radius 1 is 1.12 bits per heavy atom. The molecule has 2 aromatic rings. The Kier molecular flexibility index (Phi) is 6.75. The highest BCUT2D eigenvalue weighted by atomic mass is 35.5. The molecular weight excluding hydrogens is 399 g/mol. The Morgan fingerprint density at radius 3 is 2.19 bits per heavy atom. The normalized spacial score (nSPS) is 11.1. The average Bonchev–Trinajstić information content (AvgIpc) is 2.56. The third kappa shape index (κ3) is 5.79. The predicted octanol–water partition coefficient (Wildman–Crippen LogP) is 3.08. The lowest BCUT2D eigenvalue weighted by Gasteiger charge is -2.22. The van der Waals surface area contributed by atoms with Gasteiger partial charge in [-0.15, -0.1) is 0 Å². The van der Waals surface area contributed by atoms with E-state index in [-0.39, 0.29) is 28.8 Å². The second-order valence-electron chi connectivity index (χ2n) is 5.52. The average molecular weight is 417 g/mol. The predicted molar refractivity (Wildman–Crippen MR) is 103 cm³/mol. The number of nitrogens with one attached hydrogen (secondary N) is 1. The molecule has 0 aromatic heterocycles. The first-order valence-electron chi connectivity index (χ1n) is 7.52. The van der Waals surface area contributed by atoms with E-state index in [1.165, 1.54) is 18.2 Å². The minimum atomic E-state index is -3.70. The van der Waals surface area contributed by atoms with Crippen molar-refractivity contribution in [3.8, 4) is 5.75 Å². The molecule has 0 aliphatic rings. The molecule has 140 valence electrons. The van der Waals surface area contributed by atoms with E-state index in [2.05, 4.69) is 5.32 Å². The maximum atomic E-state index is 12.2. The van der Waals surface area contributed by atoms with Gasteiger partial charge in [-0.25, -0.2) is 8.42 Å². The third-order valence-electron chi connectivity index (χ3n) is 3.47. The van der Waals surface area contributed by atoms with E-state index in [1.807, 2.05) is 12.1 Å². The minimum absolute atomic E-state index is 0.226. The number of ether oxygens (including phenoxy) is 1. The van der Waals surface area contributed by atoms with Gasteiger partial charge in [-0.3, -0.25) is 9.10 Å². The van der Waals surface area contributed by atoms with Gasteiger partial charge < -0.3 is 10.1 Å². The highest BCUT2D eigenvalue weighted by molar-refractivity contribution is 7.92. The van der Waals surface area contributed by atoms with Crippen LogP contribution >= 0.6 is 23.2 Å². The molecule has 0 spiro atoms. The molecule has 0 saturated heterocycles. The highest BCUT2D eigenvalue weighted by Gasteiger charge is 2.21. The molecule has 0 radical (unpaired) electrons. The second kappa shape index (κ2) is 8.62. The first kappa shape index (κ1) is 20.4. The number of sulfonamides is 1. The second-order valence-corrected chi connectivity index (χ2v) is 8.30. The van der Waals surface area contributed by atoms with Gasteiger partial charge in [0.2, 0.25) is 15.9 Å². The van der Waals surface area contributed by atoms with Gasteiger partial charge in [0.05, 0.1) is 19.1 Å². The lowest BCUT2D eigenvalue weighted by atomic mass is 10.2. The van der Waals surface area contributed by atoms with Crippen LogP contribution in [0.15, 0.2) is 42.5 Å². The number of hydrogen-bond donors (Lipinski definition) is 1. The first-order chi connectivity index (χ1) is 12.2. The Hall–Kier alpha value is -1.96. The topological polar surface area (TPSA) is 75.7 Å². The van der Waals surface area contributed by atoms with E-state index >= 15 is 0 Å². The number of amides is 1. The van der Waals surface area contributed by atoms with E-state index in [9.17, 15) is 13.2 Å². The van der Waals surface area contributed by atoms with Crippen LogP contribution in [0.25, 0.3) is 0 Å². The molecule has 1 N–H and O–H groups in total. The molecule has 0 atom stereocenters. The fourth-order valence-corrected chi connectivity index (χ4v) is 3.57. The van der Waals surface area contributed by atoms with E-state index in [0.717, 1.165) is 16.1 Å². The van der Waals surface area contributed by atoms with Gasteiger partial charge >= 0.3 is 0 Å². The van der Waals surface area contributed by atoms with Gasteiger partial charge in [0.15, 0.2) is 0 Å². The zero-order valence-corrected chi connectivity index (χ0v) is 16.5. The summed E-state index contributed by atoms with van der Waals surface area (Å²) in [5, 5.41) is 3.24. The van der Waals surface area contributed by atoms with Crippen LogP contribution in [0, 0.1) is 0 Å². The zero-order chi connectivity index (χ0) is 19.3. The van der Waals surface area contributed by atoms with Crippen molar-refractivity contribution in [2.45, 2.75) is 6.54 Å².